The monoisotopic (exact) mass is 400 g/mol. The van der Waals surface area contributed by atoms with Gasteiger partial charge in [-0.25, -0.2) is 4.68 Å². The van der Waals surface area contributed by atoms with E-state index in [1.165, 1.54) is 5.56 Å². The number of nitrogens with one attached hydrogen (secondary N) is 1. The molecular formula is C24H24N4O2. The molecule has 1 aliphatic heterocycles. The van der Waals surface area contributed by atoms with Crippen molar-refractivity contribution >= 4 is 11.7 Å². The smallest absolute Gasteiger partial charge is 0.226 e. The SMILES string of the molecule is COc1ccc([C@@H]2CC(=O)C3=C(C2)Nc2nc(C)nn2[C@@H]3c2ccc(C)cc2)cc1. The Morgan fingerprint density at radius 1 is 1.00 bits per heavy atom. The molecule has 0 saturated heterocycles. The van der Waals surface area contributed by atoms with E-state index in [9.17, 15) is 4.79 Å². The van der Waals surface area contributed by atoms with Crippen LogP contribution in [0.4, 0.5) is 5.95 Å². The lowest BCUT2D eigenvalue weighted by Gasteiger charge is -2.35. The number of methoxy groups -OCH3 is 1. The predicted octanol–water partition coefficient (Wildman–Crippen LogP) is 4.32. The third-order valence-electron chi connectivity index (χ3n) is 6.01. The van der Waals surface area contributed by atoms with Gasteiger partial charge in [0.25, 0.3) is 0 Å². The first-order chi connectivity index (χ1) is 14.5. The molecule has 2 aliphatic rings. The van der Waals surface area contributed by atoms with Crippen LogP contribution < -0.4 is 10.1 Å². The fourth-order valence-electron chi connectivity index (χ4n) is 4.49. The Morgan fingerprint density at radius 2 is 1.70 bits per heavy atom. The van der Waals surface area contributed by atoms with Crippen molar-refractivity contribution in [3.8, 4) is 5.75 Å². The van der Waals surface area contributed by atoms with Crippen molar-refractivity contribution in [2.45, 2.75) is 38.6 Å². The summed E-state index contributed by atoms with van der Waals surface area (Å²) < 4.78 is 7.12. The van der Waals surface area contributed by atoms with Crippen LogP contribution in [0.5, 0.6) is 5.75 Å². The van der Waals surface area contributed by atoms with Gasteiger partial charge >= 0.3 is 0 Å². The molecule has 2 aromatic carbocycles. The molecule has 30 heavy (non-hydrogen) atoms. The maximum atomic E-state index is 13.4. The number of hydrogen-bond acceptors (Lipinski definition) is 5. The van der Waals surface area contributed by atoms with Crippen LogP contribution in [0.1, 0.15) is 47.3 Å². The molecule has 2 atom stereocenters. The molecule has 0 amide bonds. The summed E-state index contributed by atoms with van der Waals surface area (Å²) in [6.07, 6.45) is 1.25. The number of carbonyl (C=O) groups is 1. The van der Waals surface area contributed by atoms with E-state index in [1.54, 1.807) is 7.11 Å². The normalized spacial score (nSPS) is 20.4. The lowest BCUT2D eigenvalue weighted by atomic mass is 9.78. The number of nitrogens with zero attached hydrogens (tertiary/aromatic N) is 3. The zero-order valence-electron chi connectivity index (χ0n) is 17.3. The van der Waals surface area contributed by atoms with Crippen LogP contribution in [0.3, 0.4) is 0 Å². The van der Waals surface area contributed by atoms with Crippen molar-refractivity contribution in [1.82, 2.24) is 14.8 Å². The van der Waals surface area contributed by atoms with E-state index in [2.05, 4.69) is 58.7 Å². The summed E-state index contributed by atoms with van der Waals surface area (Å²) in [5.41, 5.74) is 5.15. The van der Waals surface area contributed by atoms with Gasteiger partial charge in [0.2, 0.25) is 5.95 Å². The van der Waals surface area contributed by atoms with Crippen LogP contribution in [-0.4, -0.2) is 27.7 Å². The van der Waals surface area contributed by atoms with E-state index in [1.807, 2.05) is 23.7 Å². The summed E-state index contributed by atoms with van der Waals surface area (Å²) in [6, 6.07) is 16.1. The van der Waals surface area contributed by atoms with E-state index in [4.69, 9.17) is 4.74 Å². The number of aryl methyl sites for hydroxylation is 2. The van der Waals surface area contributed by atoms with Gasteiger partial charge in [0.05, 0.1) is 7.11 Å². The second kappa shape index (κ2) is 7.13. The zero-order valence-corrected chi connectivity index (χ0v) is 17.3. The summed E-state index contributed by atoms with van der Waals surface area (Å²) >= 11 is 0. The van der Waals surface area contributed by atoms with Gasteiger partial charge in [-0.2, -0.15) is 10.1 Å². The molecule has 0 fully saturated rings. The van der Waals surface area contributed by atoms with Crippen molar-refractivity contribution in [3.05, 3.63) is 82.3 Å². The Labute approximate surface area is 175 Å². The van der Waals surface area contributed by atoms with E-state index < -0.39 is 0 Å². The minimum Gasteiger partial charge on any atom is -0.497 e. The van der Waals surface area contributed by atoms with Gasteiger partial charge in [0.1, 0.15) is 17.6 Å². The number of hydrogen-bond donors (Lipinski definition) is 1. The highest BCUT2D eigenvalue weighted by Gasteiger charge is 2.39. The second-order valence-electron chi connectivity index (χ2n) is 8.06. The van der Waals surface area contributed by atoms with E-state index in [0.717, 1.165) is 34.6 Å². The van der Waals surface area contributed by atoms with Crippen molar-refractivity contribution in [1.29, 1.82) is 0 Å². The molecule has 0 radical (unpaired) electrons. The van der Waals surface area contributed by atoms with Gasteiger partial charge < -0.3 is 10.1 Å². The fraction of sp³-hybridized carbons (Fsp3) is 0.292. The molecule has 2 heterocycles. The number of allylic oxidation sites excluding steroid dienone is 2. The van der Waals surface area contributed by atoms with Gasteiger partial charge in [-0.1, -0.05) is 42.0 Å². The summed E-state index contributed by atoms with van der Waals surface area (Å²) in [5, 5.41) is 8.00. The highest BCUT2D eigenvalue weighted by Crippen LogP contribution is 2.44. The molecule has 6 nitrogen and oxygen atoms in total. The Bertz CT molecular complexity index is 1140. The molecular weight excluding hydrogens is 376 g/mol. The first-order valence-electron chi connectivity index (χ1n) is 10.2. The van der Waals surface area contributed by atoms with E-state index in [0.29, 0.717) is 18.2 Å². The third-order valence-corrected chi connectivity index (χ3v) is 6.01. The van der Waals surface area contributed by atoms with Crippen LogP contribution in [0.2, 0.25) is 0 Å². The van der Waals surface area contributed by atoms with Crippen molar-refractivity contribution in [3.63, 3.8) is 0 Å². The molecule has 5 rings (SSSR count). The summed E-state index contributed by atoms with van der Waals surface area (Å²) in [4.78, 5) is 18.0. The second-order valence-corrected chi connectivity index (χ2v) is 8.06. The van der Waals surface area contributed by atoms with E-state index in [-0.39, 0.29) is 17.7 Å². The first kappa shape index (κ1) is 18.6. The molecule has 0 saturated carbocycles. The molecule has 0 spiro atoms. The number of rotatable bonds is 3. The van der Waals surface area contributed by atoms with Gasteiger partial charge in [0, 0.05) is 17.7 Å². The van der Waals surface area contributed by atoms with Crippen LogP contribution in [-0.2, 0) is 4.79 Å². The van der Waals surface area contributed by atoms with Gasteiger partial charge in [-0.3, -0.25) is 4.79 Å². The number of benzene rings is 2. The molecule has 0 bridgehead atoms. The summed E-state index contributed by atoms with van der Waals surface area (Å²) in [6.45, 7) is 3.94. The quantitative estimate of drug-likeness (QED) is 0.709. The molecule has 1 aliphatic carbocycles. The number of ether oxygens (including phenoxy) is 1. The van der Waals surface area contributed by atoms with E-state index >= 15 is 0 Å². The molecule has 0 unspecified atom stereocenters. The summed E-state index contributed by atoms with van der Waals surface area (Å²) in [7, 11) is 1.66. The number of aromatic nitrogens is 3. The highest BCUT2D eigenvalue weighted by molar-refractivity contribution is 6.00. The van der Waals surface area contributed by atoms with Gasteiger partial charge in [-0.05, 0) is 49.4 Å². The van der Waals surface area contributed by atoms with Crippen LogP contribution >= 0.6 is 0 Å². The molecule has 6 heteroatoms. The fourth-order valence-corrected chi connectivity index (χ4v) is 4.49. The Hall–Kier alpha value is -3.41. The molecule has 152 valence electrons. The minimum absolute atomic E-state index is 0.129. The maximum absolute atomic E-state index is 13.4. The average Bonchev–Trinajstić information content (AvgIpc) is 3.12. The van der Waals surface area contributed by atoms with Crippen molar-refractivity contribution in [2.24, 2.45) is 0 Å². The number of Topliss-reactive ketones (excluding diaryl/α,β-unsaturated/α-hetero) is 1. The predicted molar refractivity (Wildman–Crippen MR) is 115 cm³/mol. The number of carbonyl (C=O) groups excluding carboxylic acids is 1. The van der Waals surface area contributed by atoms with Crippen molar-refractivity contribution in [2.75, 3.05) is 12.4 Å². The first-order valence-corrected chi connectivity index (χ1v) is 10.2. The molecule has 1 aromatic heterocycles. The maximum Gasteiger partial charge on any atom is 0.226 e. The lowest BCUT2D eigenvalue weighted by molar-refractivity contribution is -0.116. The number of anilines is 1. The van der Waals surface area contributed by atoms with Gasteiger partial charge in [-0.15, -0.1) is 0 Å². The Morgan fingerprint density at radius 3 is 2.40 bits per heavy atom. The average molecular weight is 400 g/mol. The van der Waals surface area contributed by atoms with Crippen LogP contribution in [0.25, 0.3) is 0 Å². The van der Waals surface area contributed by atoms with Crippen LogP contribution in [0.15, 0.2) is 59.8 Å². The number of ketones is 1. The third kappa shape index (κ3) is 3.09. The van der Waals surface area contributed by atoms with Crippen LogP contribution in [0, 0.1) is 13.8 Å². The molecule has 3 aromatic rings. The lowest BCUT2D eigenvalue weighted by Crippen LogP contribution is -2.33. The van der Waals surface area contributed by atoms with Crippen molar-refractivity contribution < 1.29 is 9.53 Å². The summed E-state index contributed by atoms with van der Waals surface area (Å²) in [5.74, 6) is 2.49. The van der Waals surface area contributed by atoms with Gasteiger partial charge in [0.15, 0.2) is 5.78 Å². The molecule has 1 N–H and O–H groups in total. The minimum atomic E-state index is -0.248. The highest BCUT2D eigenvalue weighted by atomic mass is 16.5. The standard InChI is InChI=1S/C24H24N4O2/c1-14-4-6-17(7-5-14)23-22-20(26-24-25-15(2)27-28(23)24)12-18(13-21(22)29)16-8-10-19(30-3)11-9-16/h4-11,18,23H,12-13H2,1-3H3,(H,25,26,27)/t18-,23+/m0/s1. The topological polar surface area (TPSA) is 69.0 Å². The largest absolute Gasteiger partial charge is 0.497 e. The zero-order chi connectivity index (χ0) is 20.8. The number of fused-ring (bicyclic) bond motifs is 1. The Kier molecular flexibility index (Phi) is 4.42. The Balaban J connectivity index is 1.57.